The van der Waals surface area contributed by atoms with Crippen LogP contribution < -0.4 is 11.2 Å². The Morgan fingerprint density at radius 1 is 1.06 bits per heavy atom. The molecule has 0 amide bonds. The van der Waals surface area contributed by atoms with E-state index < -0.39 is 11.2 Å². The van der Waals surface area contributed by atoms with Gasteiger partial charge in [0.15, 0.2) is 11.3 Å². The van der Waals surface area contributed by atoms with Crippen LogP contribution in [-0.4, -0.2) is 9.67 Å². The van der Waals surface area contributed by atoms with E-state index in [1.165, 1.54) is 0 Å². The van der Waals surface area contributed by atoms with Crippen LogP contribution in [0.4, 0.5) is 0 Å². The molecular formula is C24H20BrNO4S. The molecule has 0 aliphatic carbocycles. The predicted molar refractivity (Wildman–Crippen MR) is 127 cm³/mol. The highest BCUT2D eigenvalue weighted by atomic mass is 79.9. The standard InChI is InChI=1S/C24H20BrNO4S/c1-13(2)26-19(15-8-5-4-6-9-15)14(3)21-18(23(26)28)20(27)22(24(29)30-21)31-17-11-7-10-16(25)12-17/h4-13,27H,1-3H3. The van der Waals surface area contributed by atoms with E-state index >= 15 is 0 Å². The number of fused-ring (bicyclic) bond motifs is 1. The van der Waals surface area contributed by atoms with Gasteiger partial charge in [0.05, 0.1) is 5.69 Å². The molecular weight excluding hydrogens is 478 g/mol. The van der Waals surface area contributed by atoms with E-state index in [-0.39, 0.29) is 27.7 Å². The van der Waals surface area contributed by atoms with Crippen LogP contribution in [0.15, 0.2) is 82.9 Å². The average molecular weight is 498 g/mol. The van der Waals surface area contributed by atoms with Crippen LogP contribution in [0.1, 0.15) is 25.5 Å². The largest absolute Gasteiger partial charge is 0.505 e. The first kappa shape index (κ1) is 21.5. The molecule has 0 aliphatic heterocycles. The summed E-state index contributed by atoms with van der Waals surface area (Å²) in [5.41, 5.74) is 1.17. The van der Waals surface area contributed by atoms with E-state index in [1.54, 1.807) is 11.5 Å². The number of hydrogen-bond donors (Lipinski definition) is 1. The lowest BCUT2D eigenvalue weighted by atomic mass is 10.0. The summed E-state index contributed by atoms with van der Waals surface area (Å²) < 4.78 is 8.10. The fourth-order valence-electron chi connectivity index (χ4n) is 3.66. The van der Waals surface area contributed by atoms with Crippen LogP contribution in [0.5, 0.6) is 5.75 Å². The van der Waals surface area contributed by atoms with Gasteiger partial charge in [0.25, 0.3) is 5.56 Å². The zero-order chi connectivity index (χ0) is 22.3. The summed E-state index contributed by atoms with van der Waals surface area (Å²) >= 11 is 4.46. The first-order chi connectivity index (χ1) is 14.8. The number of nitrogens with zero attached hydrogens (tertiary/aromatic N) is 1. The SMILES string of the molecule is Cc1c(-c2ccccc2)n(C(C)C)c(=O)c2c(O)c(Sc3cccc(Br)c3)c(=O)oc12. The van der Waals surface area contributed by atoms with Gasteiger partial charge >= 0.3 is 5.63 Å². The van der Waals surface area contributed by atoms with Gasteiger partial charge < -0.3 is 14.1 Å². The second kappa shape index (κ2) is 8.40. The molecule has 0 bridgehead atoms. The van der Waals surface area contributed by atoms with Gasteiger partial charge in [-0.05, 0) is 44.5 Å². The van der Waals surface area contributed by atoms with Gasteiger partial charge in [-0.25, -0.2) is 4.79 Å². The second-order valence-corrected chi connectivity index (χ2v) is 9.44. The Hall–Kier alpha value is -2.77. The fraction of sp³-hybridized carbons (Fsp3) is 0.167. The summed E-state index contributed by atoms with van der Waals surface area (Å²) in [5, 5.41) is 11.0. The molecule has 7 heteroatoms. The maximum atomic E-state index is 13.5. The Morgan fingerprint density at radius 2 is 1.77 bits per heavy atom. The number of benzene rings is 2. The highest BCUT2D eigenvalue weighted by Crippen LogP contribution is 2.38. The van der Waals surface area contributed by atoms with E-state index in [0.29, 0.717) is 11.3 Å². The maximum absolute atomic E-state index is 13.5. The third-order valence-electron chi connectivity index (χ3n) is 5.01. The van der Waals surface area contributed by atoms with E-state index in [2.05, 4.69) is 15.9 Å². The van der Waals surface area contributed by atoms with Crippen molar-refractivity contribution in [3.8, 4) is 17.0 Å². The number of hydrogen-bond acceptors (Lipinski definition) is 5. The van der Waals surface area contributed by atoms with Crippen LogP contribution in [0, 0.1) is 6.92 Å². The van der Waals surface area contributed by atoms with Crippen molar-refractivity contribution >= 4 is 38.7 Å². The quantitative estimate of drug-likeness (QED) is 0.367. The lowest BCUT2D eigenvalue weighted by Gasteiger charge is -2.21. The van der Waals surface area contributed by atoms with E-state index in [0.717, 1.165) is 26.7 Å². The Kier molecular flexibility index (Phi) is 5.81. The van der Waals surface area contributed by atoms with E-state index in [9.17, 15) is 14.7 Å². The Balaban J connectivity index is 2.05. The van der Waals surface area contributed by atoms with Crippen LogP contribution in [0.3, 0.4) is 0 Å². The van der Waals surface area contributed by atoms with Crippen molar-refractivity contribution in [1.29, 1.82) is 0 Å². The molecule has 0 aliphatic rings. The summed E-state index contributed by atoms with van der Waals surface area (Å²) in [6.07, 6.45) is 0. The molecule has 2 heterocycles. The smallest absolute Gasteiger partial charge is 0.354 e. The lowest BCUT2D eigenvalue weighted by molar-refractivity contribution is 0.444. The van der Waals surface area contributed by atoms with Crippen molar-refractivity contribution in [2.75, 3.05) is 0 Å². The average Bonchev–Trinajstić information content (AvgIpc) is 2.73. The molecule has 0 radical (unpaired) electrons. The molecule has 5 nitrogen and oxygen atoms in total. The van der Waals surface area contributed by atoms with E-state index in [1.807, 2.05) is 68.4 Å². The number of aromatic nitrogens is 1. The second-order valence-electron chi connectivity index (χ2n) is 7.44. The molecule has 0 saturated heterocycles. The molecule has 158 valence electrons. The van der Waals surface area contributed by atoms with Crippen LogP contribution in [0.2, 0.25) is 0 Å². The molecule has 0 saturated carbocycles. The van der Waals surface area contributed by atoms with Crippen molar-refractivity contribution < 1.29 is 9.52 Å². The Bertz CT molecular complexity index is 1410. The highest BCUT2D eigenvalue weighted by molar-refractivity contribution is 9.10. The summed E-state index contributed by atoms with van der Waals surface area (Å²) in [6, 6.07) is 16.6. The fourth-order valence-corrected chi connectivity index (χ4v) is 5.11. The molecule has 0 fully saturated rings. The molecule has 1 N–H and O–H groups in total. The topological polar surface area (TPSA) is 72.4 Å². The first-order valence-electron chi connectivity index (χ1n) is 9.73. The number of pyridine rings is 1. The minimum Gasteiger partial charge on any atom is -0.505 e. The van der Waals surface area contributed by atoms with Gasteiger partial charge in [-0.2, -0.15) is 0 Å². The zero-order valence-corrected chi connectivity index (χ0v) is 19.6. The number of aryl methyl sites for hydroxylation is 1. The molecule has 0 unspecified atom stereocenters. The van der Waals surface area contributed by atoms with Crippen molar-refractivity contribution in [2.24, 2.45) is 0 Å². The molecule has 31 heavy (non-hydrogen) atoms. The van der Waals surface area contributed by atoms with Gasteiger partial charge in [-0.1, -0.05) is 64.1 Å². The molecule has 4 aromatic rings. The maximum Gasteiger partial charge on any atom is 0.354 e. The summed E-state index contributed by atoms with van der Waals surface area (Å²) in [6.45, 7) is 5.62. The monoisotopic (exact) mass is 497 g/mol. The van der Waals surface area contributed by atoms with Crippen molar-refractivity contribution in [1.82, 2.24) is 4.57 Å². The van der Waals surface area contributed by atoms with Crippen molar-refractivity contribution in [3.05, 3.63) is 85.4 Å². The summed E-state index contributed by atoms with van der Waals surface area (Å²) in [7, 11) is 0. The van der Waals surface area contributed by atoms with Gasteiger partial charge in [-0.15, -0.1) is 0 Å². The number of rotatable bonds is 4. The summed E-state index contributed by atoms with van der Waals surface area (Å²) in [4.78, 5) is 27.1. The third kappa shape index (κ3) is 3.83. The number of aromatic hydroxyl groups is 1. The van der Waals surface area contributed by atoms with Crippen molar-refractivity contribution in [2.45, 2.75) is 36.6 Å². The minimum atomic E-state index is -0.682. The predicted octanol–water partition coefficient (Wildman–Crippen LogP) is 6.13. The molecule has 4 rings (SSSR count). The number of halogens is 1. The van der Waals surface area contributed by atoms with Crippen molar-refractivity contribution in [3.63, 3.8) is 0 Å². The van der Waals surface area contributed by atoms with Crippen LogP contribution in [-0.2, 0) is 0 Å². The van der Waals surface area contributed by atoms with Crippen LogP contribution in [0.25, 0.3) is 22.2 Å². The highest BCUT2D eigenvalue weighted by Gasteiger charge is 2.25. The van der Waals surface area contributed by atoms with Gasteiger partial charge in [0, 0.05) is 21.0 Å². The third-order valence-corrected chi connectivity index (χ3v) is 6.56. The first-order valence-corrected chi connectivity index (χ1v) is 11.3. The molecule has 0 atom stereocenters. The lowest BCUT2D eigenvalue weighted by Crippen LogP contribution is -2.26. The Labute approximate surface area is 191 Å². The molecule has 2 aromatic carbocycles. The normalized spacial score (nSPS) is 11.4. The summed E-state index contributed by atoms with van der Waals surface area (Å²) in [5.74, 6) is -0.349. The minimum absolute atomic E-state index is 0.00938. The van der Waals surface area contributed by atoms with Gasteiger partial charge in [0.1, 0.15) is 10.3 Å². The zero-order valence-electron chi connectivity index (χ0n) is 17.2. The molecule has 2 aromatic heterocycles. The van der Waals surface area contributed by atoms with Gasteiger partial charge in [-0.3, -0.25) is 4.79 Å². The van der Waals surface area contributed by atoms with E-state index in [4.69, 9.17) is 4.42 Å². The van der Waals surface area contributed by atoms with Gasteiger partial charge in [0.2, 0.25) is 0 Å². The Morgan fingerprint density at radius 3 is 2.42 bits per heavy atom. The van der Waals surface area contributed by atoms with Crippen LogP contribution >= 0.6 is 27.7 Å². The molecule has 0 spiro atoms.